The van der Waals surface area contributed by atoms with Gasteiger partial charge in [0.15, 0.2) is 0 Å². The predicted molar refractivity (Wildman–Crippen MR) is 75.9 cm³/mol. The Morgan fingerprint density at radius 3 is 2.55 bits per heavy atom. The van der Waals surface area contributed by atoms with Crippen LogP contribution in [-0.2, 0) is 18.5 Å². The first-order valence-electron chi connectivity index (χ1n) is 5.85. The van der Waals surface area contributed by atoms with Crippen LogP contribution < -0.4 is 0 Å². The van der Waals surface area contributed by atoms with E-state index in [9.17, 15) is 13.2 Å². The zero-order valence-electron chi connectivity index (χ0n) is 10.8. The molecule has 8 heteroatoms. The van der Waals surface area contributed by atoms with Crippen LogP contribution in [0.3, 0.4) is 0 Å². The molecule has 0 atom stereocenters. The fourth-order valence-corrected chi connectivity index (χ4v) is 2.30. The van der Waals surface area contributed by atoms with Crippen LogP contribution in [-0.4, -0.2) is 34.2 Å². The molecule has 0 radical (unpaired) electrons. The van der Waals surface area contributed by atoms with Gasteiger partial charge in [0.05, 0.1) is 22.1 Å². The maximum absolute atomic E-state index is 11.8. The van der Waals surface area contributed by atoms with Gasteiger partial charge in [-0.3, -0.25) is 0 Å². The second-order valence-corrected chi connectivity index (χ2v) is 6.80. The first-order valence-corrected chi connectivity index (χ1v) is 8.54. The SMILES string of the molecule is CCCOCCOC(=O)c1cc(S(=O)(=O)Cl)ccc1Cl. The van der Waals surface area contributed by atoms with E-state index in [1.54, 1.807) is 0 Å². The molecule has 0 spiro atoms. The molecule has 0 amide bonds. The van der Waals surface area contributed by atoms with Crippen molar-refractivity contribution in [3.8, 4) is 0 Å². The molecular formula is C12H14Cl2O5S. The normalized spacial score (nSPS) is 11.3. The van der Waals surface area contributed by atoms with Crippen LogP contribution in [0.15, 0.2) is 23.1 Å². The second-order valence-electron chi connectivity index (χ2n) is 3.83. The summed E-state index contributed by atoms with van der Waals surface area (Å²) in [6.45, 7) is 2.87. The minimum atomic E-state index is -3.93. The summed E-state index contributed by atoms with van der Waals surface area (Å²) in [5, 5.41) is 0.0912. The number of esters is 1. The molecular weight excluding hydrogens is 327 g/mol. The smallest absolute Gasteiger partial charge is 0.339 e. The number of benzene rings is 1. The Labute approximate surface area is 127 Å². The lowest BCUT2D eigenvalue weighted by atomic mass is 10.2. The van der Waals surface area contributed by atoms with Crippen molar-refractivity contribution in [2.75, 3.05) is 19.8 Å². The Morgan fingerprint density at radius 2 is 1.95 bits per heavy atom. The summed E-state index contributed by atoms with van der Waals surface area (Å²) in [6, 6.07) is 3.58. The first kappa shape index (κ1) is 17.2. The number of carbonyl (C=O) groups excluding carboxylic acids is 1. The zero-order chi connectivity index (χ0) is 15.2. The van der Waals surface area contributed by atoms with Crippen molar-refractivity contribution < 1.29 is 22.7 Å². The fourth-order valence-electron chi connectivity index (χ4n) is 1.33. The molecule has 0 N–H and O–H groups in total. The summed E-state index contributed by atoms with van der Waals surface area (Å²) >= 11 is 5.83. The highest BCUT2D eigenvalue weighted by Gasteiger charge is 2.17. The van der Waals surface area contributed by atoms with Crippen molar-refractivity contribution in [2.45, 2.75) is 18.2 Å². The number of carbonyl (C=O) groups is 1. The third kappa shape index (κ3) is 5.28. The van der Waals surface area contributed by atoms with Crippen molar-refractivity contribution >= 4 is 37.3 Å². The van der Waals surface area contributed by atoms with Crippen LogP contribution in [0.2, 0.25) is 5.02 Å². The topological polar surface area (TPSA) is 69.7 Å². The Bertz CT molecular complexity index is 571. The van der Waals surface area contributed by atoms with Gasteiger partial charge >= 0.3 is 5.97 Å². The highest BCUT2D eigenvalue weighted by atomic mass is 35.7. The summed E-state index contributed by atoms with van der Waals surface area (Å²) in [7, 11) is 1.28. The molecule has 0 heterocycles. The van der Waals surface area contributed by atoms with Crippen LogP contribution in [0.4, 0.5) is 0 Å². The summed E-state index contributed by atoms with van der Waals surface area (Å²) in [5.41, 5.74) is -0.0520. The minimum Gasteiger partial charge on any atom is -0.460 e. The van der Waals surface area contributed by atoms with Crippen LogP contribution in [0.25, 0.3) is 0 Å². The number of rotatable bonds is 7. The van der Waals surface area contributed by atoms with E-state index in [1.807, 2.05) is 6.92 Å². The van der Waals surface area contributed by atoms with Gasteiger partial charge in [0.1, 0.15) is 6.61 Å². The van der Waals surface area contributed by atoms with Gasteiger partial charge in [-0.1, -0.05) is 18.5 Å². The lowest BCUT2D eigenvalue weighted by Gasteiger charge is -2.07. The third-order valence-electron chi connectivity index (χ3n) is 2.25. The number of hydrogen-bond acceptors (Lipinski definition) is 5. The van der Waals surface area contributed by atoms with Gasteiger partial charge in [-0.2, -0.15) is 0 Å². The molecule has 1 aromatic carbocycles. The van der Waals surface area contributed by atoms with E-state index >= 15 is 0 Å². The molecule has 20 heavy (non-hydrogen) atoms. The van der Waals surface area contributed by atoms with Crippen molar-refractivity contribution in [3.63, 3.8) is 0 Å². The predicted octanol–water partition coefficient (Wildman–Crippen LogP) is 2.85. The Morgan fingerprint density at radius 1 is 1.25 bits per heavy atom. The Kier molecular flexibility index (Phi) is 6.75. The Balaban J connectivity index is 2.72. The Hall–Kier alpha value is -0.820. The van der Waals surface area contributed by atoms with Gasteiger partial charge in [-0.15, -0.1) is 0 Å². The summed E-state index contributed by atoms with van der Waals surface area (Å²) in [5.74, 6) is -0.725. The summed E-state index contributed by atoms with van der Waals surface area (Å²) < 4.78 is 32.5. The van der Waals surface area contributed by atoms with E-state index in [-0.39, 0.29) is 28.7 Å². The maximum atomic E-state index is 11.8. The van der Waals surface area contributed by atoms with Gasteiger partial charge in [0, 0.05) is 17.3 Å². The molecule has 5 nitrogen and oxygen atoms in total. The van der Waals surface area contributed by atoms with E-state index < -0.39 is 15.0 Å². The first-order chi connectivity index (χ1) is 9.36. The van der Waals surface area contributed by atoms with Gasteiger partial charge in [0.2, 0.25) is 0 Å². The lowest BCUT2D eigenvalue weighted by Crippen LogP contribution is -2.12. The average Bonchev–Trinajstić information content (AvgIpc) is 2.37. The lowest BCUT2D eigenvalue weighted by molar-refractivity contribution is 0.0318. The van der Waals surface area contributed by atoms with Crippen molar-refractivity contribution in [1.82, 2.24) is 0 Å². The van der Waals surface area contributed by atoms with Gasteiger partial charge in [-0.25, -0.2) is 13.2 Å². The van der Waals surface area contributed by atoms with Gasteiger partial charge in [-0.05, 0) is 24.6 Å². The second kappa shape index (κ2) is 7.83. The van der Waals surface area contributed by atoms with E-state index in [4.69, 9.17) is 31.8 Å². The van der Waals surface area contributed by atoms with Crippen LogP contribution in [0, 0.1) is 0 Å². The molecule has 0 unspecified atom stereocenters. The maximum Gasteiger partial charge on any atom is 0.339 e. The third-order valence-corrected chi connectivity index (χ3v) is 3.93. The molecule has 0 aliphatic carbocycles. The van der Waals surface area contributed by atoms with Crippen molar-refractivity contribution in [3.05, 3.63) is 28.8 Å². The summed E-state index contributed by atoms with van der Waals surface area (Å²) in [6.07, 6.45) is 0.870. The van der Waals surface area contributed by atoms with Gasteiger partial charge in [0.25, 0.3) is 9.05 Å². The molecule has 0 fully saturated rings. The van der Waals surface area contributed by atoms with E-state index in [0.717, 1.165) is 12.5 Å². The van der Waals surface area contributed by atoms with Crippen molar-refractivity contribution in [2.24, 2.45) is 0 Å². The van der Waals surface area contributed by atoms with E-state index in [2.05, 4.69) is 0 Å². The molecule has 1 aromatic rings. The quantitative estimate of drug-likeness (QED) is 0.433. The molecule has 0 aliphatic rings. The molecule has 0 saturated heterocycles. The largest absolute Gasteiger partial charge is 0.460 e. The molecule has 0 aliphatic heterocycles. The molecule has 1 rings (SSSR count). The average molecular weight is 341 g/mol. The number of ether oxygens (including phenoxy) is 2. The number of hydrogen-bond donors (Lipinski definition) is 0. The highest BCUT2D eigenvalue weighted by Crippen LogP contribution is 2.23. The highest BCUT2D eigenvalue weighted by molar-refractivity contribution is 8.13. The molecule has 0 bridgehead atoms. The monoisotopic (exact) mass is 340 g/mol. The number of halogens is 2. The van der Waals surface area contributed by atoms with Crippen LogP contribution in [0.5, 0.6) is 0 Å². The zero-order valence-corrected chi connectivity index (χ0v) is 13.1. The van der Waals surface area contributed by atoms with Crippen LogP contribution in [0.1, 0.15) is 23.7 Å². The van der Waals surface area contributed by atoms with E-state index in [0.29, 0.717) is 6.61 Å². The molecule has 0 saturated carbocycles. The van der Waals surface area contributed by atoms with Crippen LogP contribution >= 0.6 is 22.3 Å². The van der Waals surface area contributed by atoms with E-state index in [1.165, 1.54) is 12.1 Å². The molecule has 112 valence electrons. The minimum absolute atomic E-state index is 0.0520. The van der Waals surface area contributed by atoms with Gasteiger partial charge < -0.3 is 9.47 Å². The standard InChI is InChI=1S/C12H14Cl2O5S/c1-2-5-18-6-7-19-12(15)10-8-9(20(14,16)17)3-4-11(10)13/h3-4,8H,2,5-7H2,1H3. The molecule has 0 aromatic heterocycles. The fraction of sp³-hybridized carbons (Fsp3) is 0.417. The van der Waals surface area contributed by atoms with Crippen molar-refractivity contribution in [1.29, 1.82) is 0 Å². The summed E-state index contributed by atoms with van der Waals surface area (Å²) in [4.78, 5) is 11.6.